The lowest BCUT2D eigenvalue weighted by molar-refractivity contribution is 0.454. The molecule has 1 nitrogen and oxygen atoms in total. The van der Waals surface area contributed by atoms with Gasteiger partial charge in [0, 0.05) is 11.6 Å². The summed E-state index contributed by atoms with van der Waals surface area (Å²) in [6.07, 6.45) is 4.48. The van der Waals surface area contributed by atoms with Crippen LogP contribution >= 0.6 is 11.6 Å². The van der Waals surface area contributed by atoms with Crippen molar-refractivity contribution in [3.05, 3.63) is 34.6 Å². The third-order valence-electron chi connectivity index (χ3n) is 3.46. The predicted octanol–water partition coefficient (Wildman–Crippen LogP) is 3.80. The minimum absolute atomic E-state index is 0.193. The molecule has 1 N–H and O–H groups in total. The minimum atomic E-state index is -0.193. The summed E-state index contributed by atoms with van der Waals surface area (Å²) in [5.41, 5.74) is 1.27. The number of rotatable bonds is 6. The van der Waals surface area contributed by atoms with Gasteiger partial charge in [-0.1, -0.05) is 18.5 Å². The Bertz CT molecular complexity index is 388. The zero-order valence-electron chi connectivity index (χ0n) is 10.2. The molecule has 1 aromatic rings. The van der Waals surface area contributed by atoms with Crippen molar-refractivity contribution in [2.24, 2.45) is 5.41 Å². The summed E-state index contributed by atoms with van der Waals surface area (Å²) in [7, 11) is 0. The number of hydrogen-bond acceptors (Lipinski definition) is 1. The summed E-state index contributed by atoms with van der Waals surface area (Å²) in [6, 6.07) is 4.64. The largest absolute Gasteiger partial charge is 0.316 e. The highest BCUT2D eigenvalue weighted by Gasteiger charge is 2.42. The molecule has 17 heavy (non-hydrogen) atoms. The van der Waals surface area contributed by atoms with Gasteiger partial charge in [0.1, 0.15) is 5.82 Å². The van der Waals surface area contributed by atoms with Gasteiger partial charge in [-0.3, -0.25) is 0 Å². The molecule has 0 radical (unpaired) electrons. The maximum Gasteiger partial charge on any atom is 0.123 e. The molecule has 0 spiro atoms. The number of halogens is 2. The van der Waals surface area contributed by atoms with E-state index in [9.17, 15) is 4.39 Å². The summed E-state index contributed by atoms with van der Waals surface area (Å²) in [5.74, 6) is -0.193. The Kier molecular flexibility index (Phi) is 4.05. The van der Waals surface area contributed by atoms with Gasteiger partial charge in [-0.05, 0) is 61.4 Å². The minimum Gasteiger partial charge on any atom is -0.316 e. The molecule has 1 saturated carbocycles. The van der Waals surface area contributed by atoms with Crippen LogP contribution in [0, 0.1) is 11.2 Å². The molecule has 0 heterocycles. The molecule has 1 aliphatic rings. The van der Waals surface area contributed by atoms with E-state index in [0.717, 1.165) is 31.5 Å². The van der Waals surface area contributed by atoms with E-state index in [0.29, 0.717) is 10.4 Å². The molecule has 0 saturated heterocycles. The number of hydrogen-bond donors (Lipinski definition) is 1. The maximum atomic E-state index is 13.2. The van der Waals surface area contributed by atoms with Crippen LogP contribution in [0.1, 0.15) is 31.7 Å². The molecule has 1 aromatic carbocycles. The highest BCUT2D eigenvalue weighted by molar-refractivity contribution is 6.31. The molecular formula is C14H19ClFN. The van der Waals surface area contributed by atoms with Crippen molar-refractivity contribution in [1.29, 1.82) is 0 Å². The molecule has 0 aromatic heterocycles. The van der Waals surface area contributed by atoms with E-state index >= 15 is 0 Å². The van der Waals surface area contributed by atoms with Gasteiger partial charge >= 0.3 is 0 Å². The Balaban J connectivity index is 1.97. The molecule has 0 unspecified atom stereocenters. The Morgan fingerprint density at radius 3 is 2.82 bits per heavy atom. The van der Waals surface area contributed by atoms with E-state index in [1.807, 2.05) is 0 Å². The van der Waals surface area contributed by atoms with Crippen molar-refractivity contribution in [3.8, 4) is 0 Å². The molecule has 94 valence electrons. The number of benzene rings is 1. The van der Waals surface area contributed by atoms with Crippen LogP contribution in [0.5, 0.6) is 0 Å². The third-order valence-corrected chi connectivity index (χ3v) is 3.83. The Morgan fingerprint density at radius 1 is 1.41 bits per heavy atom. The van der Waals surface area contributed by atoms with Gasteiger partial charge in [0.05, 0.1) is 0 Å². The van der Waals surface area contributed by atoms with Gasteiger partial charge in [0.25, 0.3) is 0 Å². The SMILES string of the molecule is CCCNCC1(Cc2cc(F)ccc2Cl)CC1. The second kappa shape index (κ2) is 5.36. The monoisotopic (exact) mass is 255 g/mol. The molecule has 3 heteroatoms. The first-order chi connectivity index (χ1) is 8.15. The van der Waals surface area contributed by atoms with Gasteiger partial charge in [-0.25, -0.2) is 4.39 Å². The Hall–Kier alpha value is -0.600. The summed E-state index contributed by atoms with van der Waals surface area (Å²) in [6.45, 7) is 4.24. The fourth-order valence-electron chi connectivity index (χ4n) is 2.21. The second-order valence-corrected chi connectivity index (χ2v) is 5.50. The van der Waals surface area contributed by atoms with E-state index in [1.165, 1.54) is 18.9 Å². The summed E-state index contributed by atoms with van der Waals surface area (Å²) in [4.78, 5) is 0. The lowest BCUT2D eigenvalue weighted by Crippen LogP contribution is -2.26. The van der Waals surface area contributed by atoms with Gasteiger partial charge in [0.2, 0.25) is 0 Å². The van der Waals surface area contributed by atoms with Crippen LogP contribution in [-0.4, -0.2) is 13.1 Å². The molecule has 1 fully saturated rings. The highest BCUT2D eigenvalue weighted by Crippen LogP contribution is 2.48. The van der Waals surface area contributed by atoms with Crippen molar-refractivity contribution in [3.63, 3.8) is 0 Å². The quantitative estimate of drug-likeness (QED) is 0.763. The van der Waals surface area contributed by atoms with E-state index in [4.69, 9.17) is 11.6 Å². The molecule has 0 aliphatic heterocycles. The van der Waals surface area contributed by atoms with Crippen molar-refractivity contribution in [2.45, 2.75) is 32.6 Å². The van der Waals surface area contributed by atoms with Gasteiger partial charge < -0.3 is 5.32 Å². The Labute approximate surface area is 107 Å². The van der Waals surface area contributed by atoms with Crippen molar-refractivity contribution in [1.82, 2.24) is 5.32 Å². The van der Waals surface area contributed by atoms with Crippen LogP contribution in [0.4, 0.5) is 4.39 Å². The molecule has 0 amide bonds. The standard InChI is InChI=1S/C14H19ClFN/c1-2-7-17-10-14(5-6-14)9-11-8-12(16)3-4-13(11)15/h3-4,8,17H,2,5-7,9-10H2,1H3. The maximum absolute atomic E-state index is 13.2. The fraction of sp³-hybridized carbons (Fsp3) is 0.571. The van der Waals surface area contributed by atoms with Gasteiger partial charge in [-0.2, -0.15) is 0 Å². The molecule has 0 bridgehead atoms. The van der Waals surface area contributed by atoms with E-state index in [-0.39, 0.29) is 5.82 Å². The van der Waals surface area contributed by atoms with Crippen molar-refractivity contribution in [2.75, 3.05) is 13.1 Å². The van der Waals surface area contributed by atoms with Gasteiger partial charge in [-0.15, -0.1) is 0 Å². The molecule has 2 rings (SSSR count). The first-order valence-electron chi connectivity index (χ1n) is 6.30. The highest BCUT2D eigenvalue weighted by atomic mass is 35.5. The molecular weight excluding hydrogens is 237 g/mol. The first kappa shape index (κ1) is 12.8. The topological polar surface area (TPSA) is 12.0 Å². The van der Waals surface area contributed by atoms with Crippen LogP contribution in [-0.2, 0) is 6.42 Å². The Morgan fingerprint density at radius 2 is 2.18 bits per heavy atom. The zero-order valence-corrected chi connectivity index (χ0v) is 11.0. The van der Waals surface area contributed by atoms with E-state index in [1.54, 1.807) is 12.1 Å². The van der Waals surface area contributed by atoms with E-state index in [2.05, 4.69) is 12.2 Å². The van der Waals surface area contributed by atoms with Crippen LogP contribution < -0.4 is 5.32 Å². The fourth-order valence-corrected chi connectivity index (χ4v) is 2.39. The average molecular weight is 256 g/mol. The lowest BCUT2D eigenvalue weighted by Gasteiger charge is -2.16. The summed E-state index contributed by atoms with van der Waals surface area (Å²) < 4.78 is 13.2. The van der Waals surface area contributed by atoms with Crippen LogP contribution in [0.2, 0.25) is 5.02 Å². The lowest BCUT2D eigenvalue weighted by atomic mass is 9.96. The second-order valence-electron chi connectivity index (χ2n) is 5.09. The van der Waals surface area contributed by atoms with Crippen molar-refractivity contribution < 1.29 is 4.39 Å². The van der Waals surface area contributed by atoms with Crippen LogP contribution in [0.3, 0.4) is 0 Å². The van der Waals surface area contributed by atoms with Gasteiger partial charge in [0.15, 0.2) is 0 Å². The smallest absolute Gasteiger partial charge is 0.123 e. The predicted molar refractivity (Wildman–Crippen MR) is 69.9 cm³/mol. The van der Waals surface area contributed by atoms with Crippen LogP contribution in [0.15, 0.2) is 18.2 Å². The zero-order chi connectivity index (χ0) is 12.3. The molecule has 0 atom stereocenters. The van der Waals surface area contributed by atoms with Crippen LogP contribution in [0.25, 0.3) is 0 Å². The first-order valence-corrected chi connectivity index (χ1v) is 6.68. The van der Waals surface area contributed by atoms with Crippen molar-refractivity contribution >= 4 is 11.6 Å². The third kappa shape index (κ3) is 3.43. The summed E-state index contributed by atoms with van der Waals surface area (Å²) >= 11 is 6.10. The van der Waals surface area contributed by atoms with E-state index < -0.39 is 0 Å². The normalized spacial score (nSPS) is 17.1. The average Bonchev–Trinajstić information content (AvgIpc) is 3.04. The summed E-state index contributed by atoms with van der Waals surface area (Å²) in [5, 5.41) is 4.14. The number of nitrogens with one attached hydrogen (secondary N) is 1. The molecule has 1 aliphatic carbocycles.